The summed E-state index contributed by atoms with van der Waals surface area (Å²) in [4.78, 5) is 78.1. The number of aromatic amines is 1. The summed E-state index contributed by atoms with van der Waals surface area (Å²) in [6.07, 6.45) is 1.87. The van der Waals surface area contributed by atoms with Crippen molar-refractivity contribution in [2.45, 2.75) is 25.4 Å². The van der Waals surface area contributed by atoms with Gasteiger partial charge in [-0.25, -0.2) is 19.7 Å². The number of benzene rings is 1. The maximum Gasteiger partial charge on any atom is 0.326 e. The second-order valence-electron chi connectivity index (χ2n) is 8.69. The molecule has 0 aliphatic carbocycles. The molecule has 216 valence electrons. The van der Waals surface area contributed by atoms with Crippen LogP contribution < -0.4 is 32.8 Å². The molecule has 0 radical (unpaired) electrons. The van der Waals surface area contributed by atoms with Gasteiger partial charge in [0, 0.05) is 35.5 Å². The number of hydrazine groups is 1. The number of aliphatic carboxylic acids is 1. The molecule has 8 N–H and O–H groups in total. The zero-order valence-corrected chi connectivity index (χ0v) is 21.6. The van der Waals surface area contributed by atoms with Gasteiger partial charge in [-0.2, -0.15) is 9.37 Å². The van der Waals surface area contributed by atoms with Crippen LogP contribution in [0.15, 0.2) is 53.6 Å². The highest BCUT2D eigenvalue weighted by molar-refractivity contribution is 5.97. The van der Waals surface area contributed by atoms with Crippen LogP contribution in [0.1, 0.15) is 39.3 Å². The monoisotopic (exact) mass is 577 g/mol. The molecule has 3 heterocycles. The highest BCUT2D eigenvalue weighted by atomic mass is 18.2. The minimum Gasteiger partial charge on any atom is -0.480 e. The molecule has 1 aromatic carbocycles. The number of hydrogen-bond acceptors (Lipinski definition) is 11. The fourth-order valence-corrected chi connectivity index (χ4v) is 3.57. The second-order valence-corrected chi connectivity index (χ2v) is 8.69. The molecule has 1 atom stereocenters. The fraction of sp³-hybridized carbons (Fsp3) is 0.160. The second kappa shape index (κ2) is 12.9. The third kappa shape index (κ3) is 7.56. The van der Waals surface area contributed by atoms with Crippen LogP contribution in [0, 0.1) is 5.95 Å². The van der Waals surface area contributed by atoms with Crippen LogP contribution >= 0.6 is 0 Å². The Labute approximate surface area is 235 Å². The summed E-state index contributed by atoms with van der Waals surface area (Å²) in [7, 11) is 0. The van der Waals surface area contributed by atoms with Gasteiger partial charge in [0.15, 0.2) is 11.2 Å². The molecule has 17 heteroatoms. The molecule has 0 saturated heterocycles. The van der Waals surface area contributed by atoms with Crippen LogP contribution in [0.3, 0.4) is 0 Å². The third-order valence-corrected chi connectivity index (χ3v) is 5.68. The van der Waals surface area contributed by atoms with Gasteiger partial charge in [-0.1, -0.05) is 0 Å². The molecule has 0 spiro atoms. The van der Waals surface area contributed by atoms with E-state index in [-0.39, 0.29) is 47.6 Å². The Kier molecular flexibility index (Phi) is 8.91. The number of rotatable bonds is 10. The number of nitrogens with zero attached hydrogens (tertiary/aromatic N) is 4. The molecular formula is C25H23FN10O6. The van der Waals surface area contributed by atoms with Crippen molar-refractivity contribution < 1.29 is 28.7 Å². The van der Waals surface area contributed by atoms with Gasteiger partial charge < -0.3 is 21.5 Å². The number of nitrogen functional groups attached to an aromatic ring is 1. The maximum absolute atomic E-state index is 13.1. The summed E-state index contributed by atoms with van der Waals surface area (Å²) in [5, 5.41) is 14.9. The van der Waals surface area contributed by atoms with E-state index in [0.717, 1.165) is 12.3 Å². The predicted octanol–water partition coefficient (Wildman–Crippen LogP) is -0.134. The van der Waals surface area contributed by atoms with E-state index in [4.69, 9.17) is 5.73 Å². The minimum absolute atomic E-state index is 0.0502. The Morgan fingerprint density at radius 3 is 2.48 bits per heavy atom. The van der Waals surface area contributed by atoms with Gasteiger partial charge in [0.1, 0.15) is 6.04 Å². The first kappa shape index (κ1) is 29.0. The Balaban J connectivity index is 1.26. The van der Waals surface area contributed by atoms with Crippen LogP contribution in [-0.2, 0) is 16.1 Å². The normalized spacial score (nSPS) is 11.4. The molecular weight excluding hydrogens is 554 g/mol. The molecule has 16 nitrogen and oxygen atoms in total. The minimum atomic E-state index is -1.40. The average Bonchev–Trinajstić information content (AvgIpc) is 2.96. The van der Waals surface area contributed by atoms with Crippen molar-refractivity contribution in [3.05, 3.63) is 81.9 Å². The number of carbonyl (C=O) groups is 4. The number of aromatic nitrogens is 5. The zero-order valence-electron chi connectivity index (χ0n) is 21.6. The number of pyridine rings is 1. The van der Waals surface area contributed by atoms with Crippen LogP contribution in [0.5, 0.6) is 0 Å². The van der Waals surface area contributed by atoms with Crippen molar-refractivity contribution in [3.63, 3.8) is 0 Å². The molecule has 3 aromatic heterocycles. The van der Waals surface area contributed by atoms with Crippen LogP contribution in [-0.4, -0.2) is 59.8 Å². The molecule has 3 amide bonds. The van der Waals surface area contributed by atoms with Gasteiger partial charge in [-0.15, -0.1) is 0 Å². The number of hydrogen-bond donors (Lipinski definition) is 7. The largest absolute Gasteiger partial charge is 0.480 e. The summed E-state index contributed by atoms with van der Waals surface area (Å²) in [6, 6.07) is 6.83. The van der Waals surface area contributed by atoms with E-state index in [9.17, 15) is 33.5 Å². The standard InChI is InChI=1S/C25H23FN10O6/c26-17-9-13(7-8-28-17)22(39)36-35-18(37)6-5-16(24(41)42)32-21(38)12-1-3-14(4-2-12)29-10-15-11-30-19-20(31-15)33-25(27)34-23(19)40/h1-4,7-9,11,16,29H,5-6,10H2,(H,32,38)(H,35,37)(H,36,39)(H,41,42)(H3,27,31,33,34,40)/i26-1. The number of carboxylic acids is 1. The molecule has 42 heavy (non-hydrogen) atoms. The SMILES string of the molecule is Nc1nc2nc(CNc3ccc(C(=O)NC(CCC(=O)NNC(=O)c4ccnc([18F])c4)C(=O)O)cc3)cnc2c(=O)[nH]1. The van der Waals surface area contributed by atoms with Gasteiger partial charge in [0.2, 0.25) is 17.8 Å². The fourth-order valence-electron chi connectivity index (χ4n) is 3.57. The lowest BCUT2D eigenvalue weighted by molar-refractivity contribution is -0.139. The zero-order chi connectivity index (χ0) is 30.2. The summed E-state index contributed by atoms with van der Waals surface area (Å²) < 4.78 is 13.1. The number of anilines is 2. The number of nitrogens with one attached hydrogen (secondary N) is 5. The van der Waals surface area contributed by atoms with Crippen LogP contribution in [0.4, 0.5) is 16.0 Å². The topological polar surface area (TPSA) is 247 Å². The molecule has 0 fully saturated rings. The smallest absolute Gasteiger partial charge is 0.326 e. The lowest BCUT2D eigenvalue weighted by Crippen LogP contribution is -2.44. The predicted molar refractivity (Wildman–Crippen MR) is 144 cm³/mol. The number of nitrogens with two attached hydrogens (primary N) is 1. The number of carboxylic acid groups (broad SMARTS) is 1. The number of halogens is 1. The Hall–Kier alpha value is -6.00. The Morgan fingerprint density at radius 1 is 1.00 bits per heavy atom. The van der Waals surface area contributed by atoms with Gasteiger partial charge >= 0.3 is 5.97 Å². The average molecular weight is 578 g/mol. The summed E-state index contributed by atoms with van der Waals surface area (Å²) >= 11 is 0. The van der Waals surface area contributed by atoms with Crippen LogP contribution in [0.25, 0.3) is 11.2 Å². The van der Waals surface area contributed by atoms with E-state index in [1.807, 2.05) is 0 Å². The van der Waals surface area contributed by atoms with E-state index < -0.39 is 41.2 Å². The van der Waals surface area contributed by atoms with Crippen molar-refractivity contribution in [1.82, 2.24) is 41.1 Å². The molecule has 0 saturated carbocycles. The first-order valence-corrected chi connectivity index (χ1v) is 12.2. The number of amides is 3. The highest BCUT2D eigenvalue weighted by Gasteiger charge is 2.22. The van der Waals surface area contributed by atoms with E-state index >= 15 is 0 Å². The van der Waals surface area contributed by atoms with Crippen molar-refractivity contribution in [2.24, 2.45) is 0 Å². The van der Waals surface area contributed by atoms with Gasteiger partial charge in [0.05, 0.1) is 18.4 Å². The quantitative estimate of drug-likeness (QED) is 0.0962. The van der Waals surface area contributed by atoms with Gasteiger partial charge in [-0.05, 0) is 36.8 Å². The lowest BCUT2D eigenvalue weighted by Gasteiger charge is -2.15. The molecule has 1 unspecified atom stereocenters. The van der Waals surface area contributed by atoms with Crippen molar-refractivity contribution in [1.29, 1.82) is 0 Å². The molecule has 0 aliphatic heterocycles. The summed E-state index contributed by atoms with van der Waals surface area (Å²) in [5.41, 5.74) is 10.5. The maximum atomic E-state index is 13.1. The van der Waals surface area contributed by atoms with E-state index in [1.54, 1.807) is 12.1 Å². The Morgan fingerprint density at radius 2 is 1.76 bits per heavy atom. The number of carbonyl (C=O) groups excluding carboxylic acids is 3. The van der Waals surface area contributed by atoms with Gasteiger partial charge in [0.25, 0.3) is 17.4 Å². The summed E-state index contributed by atoms with van der Waals surface area (Å²) in [6.45, 7) is 0.214. The highest BCUT2D eigenvalue weighted by Crippen LogP contribution is 2.12. The number of fused-ring (bicyclic) bond motifs is 1. The summed E-state index contributed by atoms with van der Waals surface area (Å²) in [5.74, 6) is -4.53. The van der Waals surface area contributed by atoms with Crippen molar-refractivity contribution >= 4 is 46.5 Å². The van der Waals surface area contributed by atoms with Crippen LogP contribution in [0.2, 0.25) is 0 Å². The molecule has 4 aromatic rings. The third-order valence-electron chi connectivity index (χ3n) is 5.68. The van der Waals surface area contributed by atoms with Gasteiger partial charge in [-0.3, -0.25) is 35.0 Å². The number of H-pyrrole nitrogens is 1. The Bertz CT molecular complexity index is 1710. The van der Waals surface area contributed by atoms with E-state index in [0.29, 0.717) is 11.4 Å². The van der Waals surface area contributed by atoms with Crippen molar-refractivity contribution in [3.8, 4) is 0 Å². The van der Waals surface area contributed by atoms with E-state index in [2.05, 4.69) is 46.4 Å². The molecule has 0 bridgehead atoms. The lowest BCUT2D eigenvalue weighted by atomic mass is 10.1. The van der Waals surface area contributed by atoms with E-state index in [1.165, 1.54) is 24.4 Å². The first-order valence-electron chi connectivity index (χ1n) is 12.2. The molecule has 4 rings (SSSR count). The first-order chi connectivity index (χ1) is 20.1. The molecule has 0 aliphatic rings. The van der Waals surface area contributed by atoms with Crippen molar-refractivity contribution in [2.75, 3.05) is 11.1 Å².